The maximum atomic E-state index is 13.1. The van der Waals surface area contributed by atoms with Gasteiger partial charge in [-0.15, -0.1) is 11.3 Å². The number of nitrogens with zero attached hydrogens (tertiary/aromatic N) is 1. The van der Waals surface area contributed by atoms with Crippen LogP contribution in [0.3, 0.4) is 0 Å². The van der Waals surface area contributed by atoms with Crippen LogP contribution in [-0.2, 0) is 19.9 Å². The Morgan fingerprint density at radius 1 is 0.862 bits per heavy atom. The molecule has 0 spiro atoms. The van der Waals surface area contributed by atoms with Crippen molar-refractivity contribution in [2.75, 3.05) is 18.8 Å². The molecular formula is C21H21NO4S3. The summed E-state index contributed by atoms with van der Waals surface area (Å²) in [5, 5.41) is 1.21. The SMILES string of the molecule is O=S1(=O)CCN(S(=O)(=O)c2ccc(-c3ccccc3)cc2)CCC1c1cccs1. The number of sulfonamides is 1. The smallest absolute Gasteiger partial charge is 0.228 e. The summed E-state index contributed by atoms with van der Waals surface area (Å²) in [5.74, 6) is -0.170. The molecule has 0 N–H and O–H groups in total. The van der Waals surface area contributed by atoms with E-state index in [-0.39, 0.29) is 30.2 Å². The molecule has 29 heavy (non-hydrogen) atoms. The first-order valence-electron chi connectivity index (χ1n) is 9.28. The zero-order chi connectivity index (χ0) is 20.5. The highest BCUT2D eigenvalue weighted by Crippen LogP contribution is 2.33. The first-order chi connectivity index (χ1) is 13.9. The first kappa shape index (κ1) is 20.3. The van der Waals surface area contributed by atoms with E-state index in [9.17, 15) is 16.8 Å². The lowest BCUT2D eigenvalue weighted by atomic mass is 10.1. The number of hydrogen-bond acceptors (Lipinski definition) is 5. The summed E-state index contributed by atoms with van der Waals surface area (Å²) in [7, 11) is -7.15. The molecule has 0 aliphatic carbocycles. The lowest BCUT2D eigenvalue weighted by Gasteiger charge is -2.19. The number of thiophene rings is 1. The Kier molecular flexibility index (Phi) is 5.61. The van der Waals surface area contributed by atoms with E-state index in [2.05, 4.69) is 0 Å². The summed E-state index contributed by atoms with van der Waals surface area (Å²) in [6.07, 6.45) is 0.268. The van der Waals surface area contributed by atoms with Crippen molar-refractivity contribution in [3.8, 4) is 11.1 Å². The Balaban J connectivity index is 1.58. The van der Waals surface area contributed by atoms with E-state index in [0.717, 1.165) is 16.0 Å². The van der Waals surface area contributed by atoms with E-state index in [4.69, 9.17) is 0 Å². The minimum atomic E-state index is -3.75. The van der Waals surface area contributed by atoms with Crippen LogP contribution in [-0.4, -0.2) is 40.0 Å². The van der Waals surface area contributed by atoms with Crippen molar-refractivity contribution in [2.45, 2.75) is 16.6 Å². The molecule has 1 aromatic heterocycles. The second kappa shape index (κ2) is 8.02. The molecule has 8 heteroatoms. The molecule has 1 fully saturated rings. The third-order valence-corrected chi connectivity index (χ3v) is 10.3. The molecule has 0 saturated carbocycles. The fraction of sp³-hybridized carbons (Fsp3) is 0.238. The van der Waals surface area contributed by atoms with E-state index in [1.54, 1.807) is 30.3 Å². The van der Waals surface area contributed by atoms with Gasteiger partial charge in [-0.2, -0.15) is 4.31 Å². The van der Waals surface area contributed by atoms with E-state index in [1.807, 2.05) is 41.8 Å². The van der Waals surface area contributed by atoms with Crippen LogP contribution < -0.4 is 0 Å². The van der Waals surface area contributed by atoms with Crippen LogP contribution in [0.2, 0.25) is 0 Å². The molecule has 3 aromatic rings. The predicted octanol–water partition coefficient (Wildman–Crippen LogP) is 3.97. The van der Waals surface area contributed by atoms with Crippen molar-refractivity contribution in [2.24, 2.45) is 0 Å². The fourth-order valence-corrected chi connectivity index (χ4v) is 8.13. The van der Waals surface area contributed by atoms with Gasteiger partial charge in [0, 0.05) is 18.0 Å². The molecule has 1 saturated heterocycles. The average Bonchev–Trinajstić information content (AvgIpc) is 3.19. The van der Waals surface area contributed by atoms with E-state index in [0.29, 0.717) is 0 Å². The molecule has 2 aromatic carbocycles. The van der Waals surface area contributed by atoms with Gasteiger partial charge in [-0.05, 0) is 41.1 Å². The Labute approximate surface area is 175 Å². The molecule has 2 heterocycles. The zero-order valence-corrected chi connectivity index (χ0v) is 18.1. The third-order valence-electron chi connectivity index (χ3n) is 5.16. The largest absolute Gasteiger partial charge is 0.243 e. The molecule has 1 aliphatic heterocycles. The second-order valence-corrected chi connectivity index (χ2v) is 12.2. The van der Waals surface area contributed by atoms with Crippen molar-refractivity contribution in [3.63, 3.8) is 0 Å². The summed E-state index contributed by atoms with van der Waals surface area (Å²) in [4.78, 5) is 0.959. The van der Waals surface area contributed by atoms with Crippen molar-refractivity contribution < 1.29 is 16.8 Å². The third kappa shape index (κ3) is 4.16. The van der Waals surface area contributed by atoms with Crippen molar-refractivity contribution >= 4 is 31.2 Å². The van der Waals surface area contributed by atoms with Gasteiger partial charge in [-0.25, -0.2) is 16.8 Å². The predicted molar refractivity (Wildman–Crippen MR) is 116 cm³/mol. The van der Waals surface area contributed by atoms with Gasteiger partial charge < -0.3 is 0 Å². The van der Waals surface area contributed by atoms with Crippen LogP contribution in [0, 0.1) is 0 Å². The summed E-state index contributed by atoms with van der Waals surface area (Å²) in [5.41, 5.74) is 1.94. The van der Waals surface area contributed by atoms with Crippen molar-refractivity contribution in [3.05, 3.63) is 77.0 Å². The highest BCUT2D eigenvalue weighted by Gasteiger charge is 2.36. The van der Waals surface area contributed by atoms with Gasteiger partial charge in [0.15, 0.2) is 9.84 Å². The van der Waals surface area contributed by atoms with Gasteiger partial charge >= 0.3 is 0 Å². The summed E-state index contributed by atoms with van der Waals surface area (Å²) >= 11 is 1.40. The van der Waals surface area contributed by atoms with E-state index < -0.39 is 25.1 Å². The Bertz CT molecular complexity index is 1170. The van der Waals surface area contributed by atoms with Crippen LogP contribution in [0.25, 0.3) is 11.1 Å². The molecule has 0 bridgehead atoms. The Morgan fingerprint density at radius 2 is 1.55 bits per heavy atom. The van der Waals surface area contributed by atoms with E-state index >= 15 is 0 Å². The Morgan fingerprint density at radius 3 is 2.21 bits per heavy atom. The summed E-state index contributed by atoms with van der Waals surface area (Å²) in [6.45, 7) is 0.164. The lowest BCUT2D eigenvalue weighted by molar-refractivity contribution is 0.428. The molecule has 4 rings (SSSR count). The molecule has 0 radical (unpaired) electrons. The molecule has 1 unspecified atom stereocenters. The first-order valence-corrected chi connectivity index (χ1v) is 13.3. The van der Waals surface area contributed by atoms with Crippen LogP contribution >= 0.6 is 11.3 Å². The minimum Gasteiger partial charge on any atom is -0.228 e. The molecule has 1 atom stereocenters. The van der Waals surface area contributed by atoms with Gasteiger partial charge in [-0.1, -0.05) is 48.5 Å². The topological polar surface area (TPSA) is 71.5 Å². The summed E-state index contributed by atoms with van der Waals surface area (Å²) < 4.78 is 52.9. The zero-order valence-electron chi connectivity index (χ0n) is 15.6. The van der Waals surface area contributed by atoms with Gasteiger partial charge in [-0.3, -0.25) is 0 Å². The van der Waals surface area contributed by atoms with Gasteiger partial charge in [0.05, 0.1) is 15.9 Å². The lowest BCUT2D eigenvalue weighted by Crippen LogP contribution is -2.33. The van der Waals surface area contributed by atoms with Crippen molar-refractivity contribution in [1.29, 1.82) is 0 Å². The molecule has 5 nitrogen and oxygen atoms in total. The van der Waals surface area contributed by atoms with E-state index in [1.165, 1.54) is 15.6 Å². The standard InChI is InChI=1S/C21H21NO4S3/c23-28(24)16-14-22(13-12-21(28)20-7-4-15-27-20)29(25,26)19-10-8-18(9-11-19)17-5-2-1-3-6-17/h1-11,15,21H,12-14,16H2. The highest BCUT2D eigenvalue weighted by molar-refractivity contribution is 7.92. The van der Waals surface area contributed by atoms with Gasteiger partial charge in [0.1, 0.15) is 0 Å². The molecule has 0 amide bonds. The van der Waals surface area contributed by atoms with Gasteiger partial charge in [0.2, 0.25) is 10.0 Å². The molecule has 1 aliphatic rings. The number of hydrogen-bond donors (Lipinski definition) is 0. The van der Waals surface area contributed by atoms with Crippen LogP contribution in [0.15, 0.2) is 77.0 Å². The second-order valence-electron chi connectivity index (χ2n) is 6.95. The van der Waals surface area contributed by atoms with Gasteiger partial charge in [0.25, 0.3) is 0 Å². The van der Waals surface area contributed by atoms with Crippen LogP contribution in [0.1, 0.15) is 16.5 Å². The fourth-order valence-electron chi connectivity index (χ4n) is 3.56. The average molecular weight is 448 g/mol. The quantitative estimate of drug-likeness (QED) is 0.607. The number of sulfone groups is 1. The number of rotatable bonds is 4. The minimum absolute atomic E-state index is 0.0209. The normalized spacial score (nSPS) is 20.2. The van der Waals surface area contributed by atoms with Crippen LogP contribution in [0.4, 0.5) is 0 Å². The molecular weight excluding hydrogens is 426 g/mol. The van der Waals surface area contributed by atoms with Crippen LogP contribution in [0.5, 0.6) is 0 Å². The highest BCUT2D eigenvalue weighted by atomic mass is 32.2. The molecule has 152 valence electrons. The maximum Gasteiger partial charge on any atom is 0.243 e. The Hall–Kier alpha value is -2.00. The maximum absolute atomic E-state index is 13.1. The monoisotopic (exact) mass is 447 g/mol. The number of benzene rings is 2. The summed E-state index contributed by atoms with van der Waals surface area (Å²) in [6, 6.07) is 20.1. The van der Waals surface area contributed by atoms with Crippen molar-refractivity contribution in [1.82, 2.24) is 4.31 Å².